The van der Waals surface area contributed by atoms with Crippen LogP contribution < -0.4 is 34.5 Å². The van der Waals surface area contributed by atoms with Gasteiger partial charge in [0, 0.05) is 18.8 Å². The van der Waals surface area contributed by atoms with Crippen LogP contribution >= 0.6 is 0 Å². The first-order valence-corrected chi connectivity index (χ1v) is 7.78. The molecule has 0 bridgehead atoms. The van der Waals surface area contributed by atoms with Crippen LogP contribution in [0.15, 0.2) is 18.2 Å². The molecule has 7 heteroatoms. The van der Waals surface area contributed by atoms with Crippen molar-refractivity contribution < 1.29 is 47.6 Å². The largest absolute Gasteiger partial charge is 1.00 e. The maximum atomic E-state index is 10.7. The van der Waals surface area contributed by atoms with Crippen LogP contribution in [-0.2, 0) is 10.1 Å². The van der Waals surface area contributed by atoms with Crippen LogP contribution in [-0.4, -0.2) is 43.0 Å². The first-order valence-electron chi connectivity index (χ1n) is 6.17. The third kappa shape index (κ3) is 7.06. The smallest absolute Gasteiger partial charge is 0.390 e. The van der Waals surface area contributed by atoms with Crippen LogP contribution in [0, 0.1) is 13.8 Å². The second kappa shape index (κ2) is 8.36. The van der Waals surface area contributed by atoms with Gasteiger partial charge in [0.25, 0.3) is 10.1 Å². The van der Waals surface area contributed by atoms with Gasteiger partial charge < -0.3 is 10.0 Å². The maximum absolute atomic E-state index is 10.7. The fourth-order valence-electron chi connectivity index (χ4n) is 2.10. The Morgan fingerprint density at radius 1 is 1.20 bits per heavy atom. The number of rotatable bonds is 6. The number of hydrogen-bond donors (Lipinski definition) is 2. The fraction of sp³-hybridized carbons (Fsp3) is 0.538. The summed E-state index contributed by atoms with van der Waals surface area (Å²) in [6.45, 7) is 6.71. The van der Waals surface area contributed by atoms with Crippen LogP contribution in [0.1, 0.15) is 18.1 Å². The number of nitrogens with zero attached hydrogens (tertiary/aromatic N) is 1. The molecule has 108 valence electrons. The third-order valence-corrected chi connectivity index (χ3v) is 3.59. The standard InChI is InChI=1S/C13H21NO4S.Na/c1-4-14(8-13(15)9-19(16,17)18)12-6-10(2)5-11(3)7-12;/h5-7,13,15H,4,8-9H2,1-3H3,(H,16,17,18);/q;+1. The topological polar surface area (TPSA) is 77.8 Å². The first-order chi connectivity index (χ1) is 8.71. The number of benzene rings is 1. The molecule has 0 aliphatic carbocycles. The molecule has 1 aromatic carbocycles. The molecule has 1 aromatic rings. The summed E-state index contributed by atoms with van der Waals surface area (Å²) in [5, 5.41) is 9.71. The Hall–Kier alpha value is -0.110. The molecule has 1 atom stereocenters. The average molecular weight is 310 g/mol. The second-order valence-electron chi connectivity index (χ2n) is 4.79. The molecular weight excluding hydrogens is 289 g/mol. The molecule has 0 fully saturated rings. The van der Waals surface area contributed by atoms with Gasteiger partial charge in [-0.15, -0.1) is 0 Å². The monoisotopic (exact) mass is 310 g/mol. The van der Waals surface area contributed by atoms with Crippen molar-refractivity contribution in [2.45, 2.75) is 26.9 Å². The first kappa shape index (κ1) is 19.9. The van der Waals surface area contributed by atoms with Gasteiger partial charge >= 0.3 is 29.6 Å². The predicted octanol–water partition coefficient (Wildman–Crippen LogP) is -1.62. The molecule has 1 unspecified atom stereocenters. The van der Waals surface area contributed by atoms with Crippen molar-refractivity contribution in [3.05, 3.63) is 29.3 Å². The molecule has 0 saturated carbocycles. The maximum Gasteiger partial charge on any atom is 1.00 e. The van der Waals surface area contributed by atoms with E-state index in [2.05, 4.69) is 0 Å². The van der Waals surface area contributed by atoms with Gasteiger partial charge in [-0.25, -0.2) is 0 Å². The Balaban J connectivity index is 0.00000361. The fourth-order valence-corrected chi connectivity index (χ4v) is 2.69. The molecule has 0 aromatic heterocycles. The van der Waals surface area contributed by atoms with Crippen LogP contribution in [0.4, 0.5) is 5.69 Å². The van der Waals surface area contributed by atoms with E-state index in [0.29, 0.717) is 6.54 Å². The number of aryl methyl sites for hydroxylation is 2. The Bertz CT molecular complexity index is 513. The van der Waals surface area contributed by atoms with E-state index in [1.165, 1.54) is 0 Å². The summed E-state index contributed by atoms with van der Waals surface area (Å²) in [5.74, 6) is -0.645. The number of aliphatic hydroxyl groups excluding tert-OH is 1. The van der Waals surface area contributed by atoms with Gasteiger partial charge in [-0.05, 0) is 44.0 Å². The van der Waals surface area contributed by atoms with Crippen molar-refractivity contribution in [3.8, 4) is 0 Å². The summed E-state index contributed by atoms with van der Waals surface area (Å²) in [6.07, 6.45) is -1.12. The Labute approximate surface area is 143 Å². The number of anilines is 1. The van der Waals surface area contributed by atoms with Crippen molar-refractivity contribution >= 4 is 15.8 Å². The zero-order valence-corrected chi connectivity index (χ0v) is 15.3. The van der Waals surface area contributed by atoms with Gasteiger partial charge in [0.15, 0.2) is 0 Å². The summed E-state index contributed by atoms with van der Waals surface area (Å²) in [5.41, 5.74) is 3.16. The van der Waals surface area contributed by atoms with Crippen molar-refractivity contribution in [2.75, 3.05) is 23.7 Å². The third-order valence-electron chi connectivity index (χ3n) is 2.79. The predicted molar refractivity (Wildman–Crippen MR) is 76.2 cm³/mol. The molecule has 2 N–H and O–H groups in total. The number of hydrogen-bond acceptors (Lipinski definition) is 4. The van der Waals surface area contributed by atoms with E-state index in [4.69, 9.17) is 4.55 Å². The minimum Gasteiger partial charge on any atom is -0.390 e. The van der Waals surface area contributed by atoms with Crippen LogP contribution in [0.5, 0.6) is 0 Å². The van der Waals surface area contributed by atoms with Gasteiger partial charge in [0.05, 0.1) is 6.10 Å². The molecule has 20 heavy (non-hydrogen) atoms. The molecule has 0 aliphatic rings. The average Bonchev–Trinajstić information content (AvgIpc) is 2.21. The molecular formula is C13H21NNaO4S+. The number of aliphatic hydroxyl groups is 1. The molecule has 1 rings (SSSR count). The number of likely N-dealkylation sites (N-methyl/N-ethyl adjacent to an activating group) is 1. The van der Waals surface area contributed by atoms with E-state index in [1.807, 2.05) is 43.9 Å². The van der Waals surface area contributed by atoms with E-state index in [0.717, 1.165) is 16.8 Å². The van der Waals surface area contributed by atoms with Crippen molar-refractivity contribution in [3.63, 3.8) is 0 Å². The van der Waals surface area contributed by atoms with Gasteiger partial charge in [-0.1, -0.05) is 6.07 Å². The minimum atomic E-state index is -4.15. The molecule has 0 spiro atoms. The van der Waals surface area contributed by atoms with Crippen LogP contribution in [0.25, 0.3) is 0 Å². The minimum absolute atomic E-state index is 0. The van der Waals surface area contributed by atoms with E-state index in [-0.39, 0.29) is 36.1 Å². The normalized spacial score (nSPS) is 12.7. The zero-order chi connectivity index (χ0) is 14.6. The van der Waals surface area contributed by atoms with Crippen molar-refractivity contribution in [1.29, 1.82) is 0 Å². The molecule has 0 aliphatic heterocycles. The molecule has 0 amide bonds. The van der Waals surface area contributed by atoms with Gasteiger partial charge in [-0.3, -0.25) is 4.55 Å². The van der Waals surface area contributed by atoms with E-state index in [9.17, 15) is 13.5 Å². The molecule has 0 radical (unpaired) electrons. The Morgan fingerprint density at radius 2 is 1.70 bits per heavy atom. The quantitative estimate of drug-likeness (QED) is 0.488. The molecule has 0 saturated heterocycles. The summed E-state index contributed by atoms with van der Waals surface area (Å²) in [6, 6.07) is 6.01. The second-order valence-corrected chi connectivity index (χ2v) is 6.28. The zero-order valence-electron chi connectivity index (χ0n) is 12.5. The van der Waals surface area contributed by atoms with E-state index in [1.54, 1.807) is 0 Å². The van der Waals surface area contributed by atoms with E-state index < -0.39 is 22.0 Å². The van der Waals surface area contributed by atoms with Gasteiger partial charge in [0.1, 0.15) is 5.75 Å². The Kier molecular flexibility index (Phi) is 8.32. The molecule has 5 nitrogen and oxygen atoms in total. The summed E-state index contributed by atoms with van der Waals surface area (Å²) < 4.78 is 30.2. The summed E-state index contributed by atoms with van der Waals surface area (Å²) in [4.78, 5) is 1.88. The van der Waals surface area contributed by atoms with Crippen LogP contribution in [0.3, 0.4) is 0 Å². The SMILES string of the molecule is CCN(CC(O)CS(=O)(=O)O)c1cc(C)cc(C)c1.[Na+]. The molecule has 0 heterocycles. The van der Waals surface area contributed by atoms with Crippen molar-refractivity contribution in [2.24, 2.45) is 0 Å². The Morgan fingerprint density at radius 3 is 2.10 bits per heavy atom. The van der Waals surface area contributed by atoms with E-state index >= 15 is 0 Å². The van der Waals surface area contributed by atoms with Crippen molar-refractivity contribution in [1.82, 2.24) is 0 Å². The van der Waals surface area contributed by atoms with Crippen LogP contribution in [0.2, 0.25) is 0 Å². The van der Waals surface area contributed by atoms with Gasteiger partial charge in [0.2, 0.25) is 0 Å². The summed E-state index contributed by atoms with van der Waals surface area (Å²) in [7, 11) is -4.15. The van der Waals surface area contributed by atoms with Gasteiger partial charge in [-0.2, -0.15) is 8.42 Å². The summed E-state index contributed by atoms with van der Waals surface area (Å²) >= 11 is 0.